The molecule has 3 nitrogen and oxygen atoms in total. The quantitative estimate of drug-likeness (QED) is 0.190. The van der Waals surface area contributed by atoms with E-state index in [4.69, 9.17) is 0 Å². The summed E-state index contributed by atoms with van der Waals surface area (Å²) in [6.07, 6.45) is 6.30. The molecule has 48 heavy (non-hydrogen) atoms. The number of rotatable bonds is 4. The molecule has 0 saturated carbocycles. The summed E-state index contributed by atoms with van der Waals surface area (Å²) in [4.78, 5) is 0. The largest absolute Gasteiger partial charge is 0.309 e. The Bertz CT molecular complexity index is 2930. The molecule has 0 aliphatic carbocycles. The summed E-state index contributed by atoms with van der Waals surface area (Å²) in [5.41, 5.74) is 9.90. The number of para-hydroxylation sites is 2. The molecule has 226 valence electrons. The van der Waals surface area contributed by atoms with Gasteiger partial charge in [-0.15, -0.1) is 11.3 Å². The maximum absolute atomic E-state index is 9.34. The zero-order valence-electron chi connectivity index (χ0n) is 26.3. The number of hydrogen-bond donors (Lipinski definition) is 0. The molecule has 0 aliphatic heterocycles. The minimum Gasteiger partial charge on any atom is -0.309 e. The van der Waals surface area contributed by atoms with Crippen molar-refractivity contribution in [2.75, 3.05) is 0 Å². The number of aromatic nitrogens is 2. The molecular weight excluding hydrogens is 603 g/mol. The summed E-state index contributed by atoms with van der Waals surface area (Å²) in [6, 6.07) is 47.6. The van der Waals surface area contributed by atoms with Crippen LogP contribution < -0.4 is 9.75 Å². The summed E-state index contributed by atoms with van der Waals surface area (Å²) >= 11 is 1.80. The van der Waals surface area contributed by atoms with Gasteiger partial charge in [0.1, 0.15) is 0 Å². The van der Waals surface area contributed by atoms with Crippen LogP contribution in [0, 0.1) is 11.3 Å². The molecule has 0 amide bonds. The highest BCUT2D eigenvalue weighted by Crippen LogP contribution is 2.39. The standard InChI is InChI=1S/C44H29N3S/c1-3-4-16-43-28(2)33-12-9-15-42(44(33)48-43)47-39-14-8-6-11-35(39)37-26-31(20-24-41(37)47)30-19-23-40-36(25-30)34-10-5-7-13-38(34)46(40)32-21-17-29(27-45)18-22-32/h3-26H,2H2,1H3/b4-3-,43-16+. The molecule has 0 aliphatic rings. The number of fused-ring (bicyclic) bond motifs is 7. The predicted molar refractivity (Wildman–Crippen MR) is 205 cm³/mol. The third kappa shape index (κ3) is 4.19. The molecule has 0 bridgehead atoms. The van der Waals surface area contributed by atoms with Crippen LogP contribution in [0.15, 0.2) is 140 Å². The van der Waals surface area contributed by atoms with Crippen molar-refractivity contribution in [3.63, 3.8) is 0 Å². The van der Waals surface area contributed by atoms with Gasteiger partial charge in [0.15, 0.2) is 0 Å². The van der Waals surface area contributed by atoms with Crippen LogP contribution in [0.25, 0.3) is 88.9 Å². The second-order valence-corrected chi connectivity index (χ2v) is 13.2. The van der Waals surface area contributed by atoms with E-state index in [2.05, 4.69) is 143 Å². The monoisotopic (exact) mass is 631 g/mol. The van der Waals surface area contributed by atoms with Gasteiger partial charge in [-0.25, -0.2) is 0 Å². The van der Waals surface area contributed by atoms with Crippen LogP contribution >= 0.6 is 11.3 Å². The van der Waals surface area contributed by atoms with E-state index < -0.39 is 0 Å². The first-order valence-corrected chi connectivity index (χ1v) is 16.9. The Morgan fingerprint density at radius 3 is 1.85 bits per heavy atom. The Kier molecular flexibility index (Phi) is 6.43. The van der Waals surface area contributed by atoms with Gasteiger partial charge in [0, 0.05) is 37.2 Å². The lowest BCUT2D eigenvalue weighted by atomic mass is 10.0. The van der Waals surface area contributed by atoms with Crippen LogP contribution in [0.2, 0.25) is 0 Å². The maximum Gasteiger partial charge on any atom is 0.0991 e. The predicted octanol–water partition coefficient (Wildman–Crippen LogP) is 10.4. The van der Waals surface area contributed by atoms with Crippen molar-refractivity contribution < 1.29 is 0 Å². The van der Waals surface area contributed by atoms with E-state index in [1.807, 2.05) is 31.2 Å². The lowest BCUT2D eigenvalue weighted by Gasteiger charge is -2.10. The molecular formula is C44H29N3S. The van der Waals surface area contributed by atoms with E-state index in [0.717, 1.165) is 21.9 Å². The number of nitrogens with zero attached hydrogens (tertiary/aromatic N) is 3. The van der Waals surface area contributed by atoms with E-state index in [9.17, 15) is 5.26 Å². The van der Waals surface area contributed by atoms with Gasteiger partial charge in [-0.3, -0.25) is 0 Å². The van der Waals surface area contributed by atoms with E-state index in [1.165, 1.54) is 64.0 Å². The van der Waals surface area contributed by atoms with Crippen molar-refractivity contribution in [1.29, 1.82) is 5.26 Å². The van der Waals surface area contributed by atoms with Crippen LogP contribution in [0.4, 0.5) is 0 Å². The van der Waals surface area contributed by atoms with Gasteiger partial charge in [0.05, 0.1) is 44.1 Å². The molecule has 0 fully saturated rings. The number of nitriles is 1. The highest BCUT2D eigenvalue weighted by molar-refractivity contribution is 7.17. The van der Waals surface area contributed by atoms with Gasteiger partial charge in [-0.05, 0) is 96.1 Å². The van der Waals surface area contributed by atoms with Crippen LogP contribution in [0.1, 0.15) is 12.5 Å². The molecule has 3 heterocycles. The molecule has 0 radical (unpaired) electrons. The topological polar surface area (TPSA) is 33.6 Å². The van der Waals surface area contributed by atoms with Crippen molar-refractivity contribution in [3.05, 3.63) is 155 Å². The third-order valence-electron chi connectivity index (χ3n) is 9.44. The van der Waals surface area contributed by atoms with Crippen LogP contribution in [-0.2, 0) is 0 Å². The third-order valence-corrected chi connectivity index (χ3v) is 10.7. The summed E-state index contributed by atoms with van der Waals surface area (Å²) in [7, 11) is 0. The zero-order chi connectivity index (χ0) is 32.4. The fraction of sp³-hybridized carbons (Fsp3) is 0.0227. The summed E-state index contributed by atoms with van der Waals surface area (Å²) in [6.45, 7) is 6.48. The number of thiophene rings is 1. The van der Waals surface area contributed by atoms with E-state index in [0.29, 0.717) is 5.56 Å². The average Bonchev–Trinajstić information content (AvgIpc) is 3.77. The minimum absolute atomic E-state index is 0.658. The molecule has 6 aromatic carbocycles. The SMILES string of the molecule is C=c1/c(=C\C=C/C)sc2c(-n3c4ccccc4c4cc(-c5ccc6c(c5)c5ccccc5n6-c5ccc(C#N)cc5)ccc43)cccc12. The first kappa shape index (κ1) is 28.1. The fourth-order valence-electron chi connectivity index (χ4n) is 7.20. The zero-order valence-corrected chi connectivity index (χ0v) is 27.1. The van der Waals surface area contributed by atoms with Gasteiger partial charge < -0.3 is 9.13 Å². The molecule has 9 aromatic rings. The molecule has 0 saturated heterocycles. The first-order valence-electron chi connectivity index (χ1n) is 16.1. The Morgan fingerprint density at radius 2 is 1.21 bits per heavy atom. The van der Waals surface area contributed by atoms with Crippen LogP contribution in [0.3, 0.4) is 0 Å². The Hall–Kier alpha value is -6.15. The lowest BCUT2D eigenvalue weighted by molar-refractivity contribution is 1.18. The van der Waals surface area contributed by atoms with Crippen molar-refractivity contribution >= 4 is 77.7 Å². The highest BCUT2D eigenvalue weighted by atomic mass is 32.1. The van der Waals surface area contributed by atoms with Gasteiger partial charge in [0.2, 0.25) is 0 Å². The molecule has 4 heteroatoms. The molecule has 3 aromatic heterocycles. The maximum atomic E-state index is 9.34. The molecule has 9 rings (SSSR count). The highest BCUT2D eigenvalue weighted by Gasteiger charge is 2.17. The lowest BCUT2D eigenvalue weighted by Crippen LogP contribution is -2.15. The van der Waals surface area contributed by atoms with Crippen molar-refractivity contribution in [2.45, 2.75) is 6.92 Å². The molecule has 0 N–H and O–H groups in total. The van der Waals surface area contributed by atoms with Crippen LogP contribution in [-0.4, -0.2) is 9.13 Å². The second-order valence-electron chi connectivity index (χ2n) is 12.1. The molecule has 0 unspecified atom stereocenters. The number of allylic oxidation sites excluding steroid dienone is 2. The Morgan fingerprint density at radius 1 is 0.625 bits per heavy atom. The van der Waals surface area contributed by atoms with E-state index in [1.54, 1.807) is 11.3 Å². The minimum atomic E-state index is 0.658. The number of benzene rings is 6. The smallest absolute Gasteiger partial charge is 0.0991 e. The van der Waals surface area contributed by atoms with Crippen LogP contribution in [0.5, 0.6) is 0 Å². The Balaban J connectivity index is 1.25. The Labute approximate surface area is 281 Å². The van der Waals surface area contributed by atoms with Crippen molar-refractivity contribution in [1.82, 2.24) is 9.13 Å². The van der Waals surface area contributed by atoms with Gasteiger partial charge in [-0.1, -0.05) is 79.4 Å². The summed E-state index contributed by atoms with van der Waals surface area (Å²) < 4.78 is 7.14. The van der Waals surface area contributed by atoms with Gasteiger partial charge >= 0.3 is 0 Å². The fourth-order valence-corrected chi connectivity index (χ4v) is 8.36. The normalized spacial score (nSPS) is 12.4. The summed E-state index contributed by atoms with van der Waals surface area (Å²) in [5.74, 6) is 0. The summed E-state index contributed by atoms with van der Waals surface area (Å²) in [5, 5.41) is 16.5. The first-order chi connectivity index (χ1) is 23.6. The average molecular weight is 632 g/mol. The van der Waals surface area contributed by atoms with Crippen molar-refractivity contribution in [2.24, 2.45) is 0 Å². The van der Waals surface area contributed by atoms with Gasteiger partial charge in [0.25, 0.3) is 0 Å². The van der Waals surface area contributed by atoms with E-state index in [-0.39, 0.29) is 0 Å². The number of hydrogen-bond acceptors (Lipinski definition) is 2. The van der Waals surface area contributed by atoms with E-state index >= 15 is 0 Å². The van der Waals surface area contributed by atoms with Crippen molar-refractivity contribution in [3.8, 4) is 28.6 Å². The van der Waals surface area contributed by atoms with Gasteiger partial charge in [-0.2, -0.15) is 5.26 Å². The molecule has 0 spiro atoms. The molecule has 0 atom stereocenters. The second kappa shape index (κ2) is 11.0.